The molecule has 2 fully saturated rings. The number of fused-ring (bicyclic) bond motifs is 1. The van der Waals surface area contributed by atoms with Crippen molar-refractivity contribution >= 4 is 6.03 Å². The number of carbonyl (C=O) groups is 1. The van der Waals surface area contributed by atoms with E-state index in [-0.39, 0.29) is 23.7 Å². The summed E-state index contributed by atoms with van der Waals surface area (Å²) in [6.45, 7) is 0.741. The highest BCUT2D eigenvalue weighted by molar-refractivity contribution is 5.75. The summed E-state index contributed by atoms with van der Waals surface area (Å²) in [7, 11) is 0. The lowest BCUT2D eigenvalue weighted by Crippen LogP contribution is -2.51. The first-order valence-corrected chi connectivity index (χ1v) is 9.67. The number of hydrogen-bond donors (Lipinski definition) is 3. The Labute approximate surface area is 149 Å². The van der Waals surface area contributed by atoms with Crippen LogP contribution in [0.5, 0.6) is 5.75 Å². The van der Waals surface area contributed by atoms with Crippen LogP contribution in [0.1, 0.15) is 68.5 Å². The molecule has 1 aromatic carbocycles. The van der Waals surface area contributed by atoms with Crippen LogP contribution in [0.25, 0.3) is 0 Å². The molecule has 136 valence electrons. The van der Waals surface area contributed by atoms with E-state index in [2.05, 4.69) is 10.6 Å². The Balaban J connectivity index is 1.35. The summed E-state index contributed by atoms with van der Waals surface area (Å²) >= 11 is 0. The van der Waals surface area contributed by atoms with Crippen molar-refractivity contribution in [2.75, 3.05) is 6.61 Å². The van der Waals surface area contributed by atoms with Crippen molar-refractivity contribution in [1.29, 1.82) is 0 Å². The van der Waals surface area contributed by atoms with Crippen LogP contribution in [-0.4, -0.2) is 29.4 Å². The van der Waals surface area contributed by atoms with E-state index in [9.17, 15) is 9.90 Å². The SMILES string of the molecule is O=C(N[C@@H]1CCOC2(CCCCC2)C1)N[C@@H]1CCc2c(O)cccc21. The third-order valence-corrected chi connectivity index (χ3v) is 6.14. The zero-order chi connectivity index (χ0) is 17.3. The standard InChI is InChI=1S/C20H28N2O3/c23-18-6-4-5-15-16(18)7-8-17(15)22-19(24)21-14-9-12-25-20(13-14)10-2-1-3-11-20/h4-6,14,17,23H,1-3,7-13H2,(H2,21,22,24)/t14-,17-/m1/s1. The maximum atomic E-state index is 12.5. The Morgan fingerprint density at radius 1 is 1.16 bits per heavy atom. The molecule has 3 aliphatic rings. The minimum atomic E-state index is -0.0981. The zero-order valence-electron chi connectivity index (χ0n) is 14.7. The van der Waals surface area contributed by atoms with Crippen LogP contribution in [0.3, 0.4) is 0 Å². The molecule has 2 aliphatic carbocycles. The Kier molecular flexibility index (Phi) is 4.59. The van der Waals surface area contributed by atoms with Gasteiger partial charge in [0.1, 0.15) is 5.75 Å². The van der Waals surface area contributed by atoms with Crippen molar-refractivity contribution in [3.05, 3.63) is 29.3 Å². The smallest absolute Gasteiger partial charge is 0.315 e. The highest BCUT2D eigenvalue weighted by Crippen LogP contribution is 2.39. The number of carbonyl (C=O) groups excluding carboxylic acids is 1. The number of urea groups is 1. The Morgan fingerprint density at radius 3 is 2.84 bits per heavy atom. The van der Waals surface area contributed by atoms with Crippen LogP contribution in [0.2, 0.25) is 0 Å². The fourth-order valence-corrected chi connectivity index (χ4v) is 4.87. The lowest BCUT2D eigenvalue weighted by Gasteiger charge is -2.43. The van der Waals surface area contributed by atoms with Gasteiger partial charge in [0.15, 0.2) is 0 Å². The molecule has 2 amide bonds. The van der Waals surface area contributed by atoms with Gasteiger partial charge in [-0.1, -0.05) is 31.4 Å². The van der Waals surface area contributed by atoms with E-state index < -0.39 is 0 Å². The molecule has 5 nitrogen and oxygen atoms in total. The van der Waals surface area contributed by atoms with Gasteiger partial charge in [-0.05, 0) is 55.7 Å². The third-order valence-electron chi connectivity index (χ3n) is 6.14. The second-order valence-corrected chi connectivity index (χ2v) is 7.84. The molecular weight excluding hydrogens is 316 g/mol. The average Bonchev–Trinajstić information content (AvgIpc) is 3.00. The van der Waals surface area contributed by atoms with Gasteiger partial charge < -0.3 is 20.5 Å². The van der Waals surface area contributed by atoms with E-state index >= 15 is 0 Å². The van der Waals surface area contributed by atoms with Gasteiger partial charge in [0.25, 0.3) is 0 Å². The van der Waals surface area contributed by atoms with Crippen LogP contribution < -0.4 is 10.6 Å². The quantitative estimate of drug-likeness (QED) is 0.768. The van der Waals surface area contributed by atoms with Crippen LogP contribution >= 0.6 is 0 Å². The number of ether oxygens (including phenoxy) is 1. The fourth-order valence-electron chi connectivity index (χ4n) is 4.87. The number of hydrogen-bond acceptors (Lipinski definition) is 3. The molecule has 1 spiro atoms. The van der Waals surface area contributed by atoms with E-state index in [0.29, 0.717) is 5.75 Å². The van der Waals surface area contributed by atoms with Gasteiger partial charge in [-0.3, -0.25) is 0 Å². The molecule has 1 saturated heterocycles. The first kappa shape index (κ1) is 16.7. The van der Waals surface area contributed by atoms with Gasteiger partial charge in [0, 0.05) is 12.6 Å². The molecule has 1 saturated carbocycles. The molecule has 1 heterocycles. The minimum Gasteiger partial charge on any atom is -0.508 e. The highest BCUT2D eigenvalue weighted by atomic mass is 16.5. The van der Waals surface area contributed by atoms with Gasteiger partial charge in [-0.15, -0.1) is 0 Å². The van der Waals surface area contributed by atoms with Crippen LogP contribution in [0.4, 0.5) is 4.79 Å². The van der Waals surface area contributed by atoms with Gasteiger partial charge in [0.05, 0.1) is 11.6 Å². The maximum Gasteiger partial charge on any atom is 0.315 e. The van der Waals surface area contributed by atoms with Crippen molar-refractivity contribution < 1.29 is 14.6 Å². The fraction of sp³-hybridized carbons (Fsp3) is 0.650. The zero-order valence-corrected chi connectivity index (χ0v) is 14.7. The number of nitrogens with one attached hydrogen (secondary N) is 2. The number of phenols is 1. The molecule has 0 bridgehead atoms. The first-order valence-electron chi connectivity index (χ1n) is 9.67. The molecule has 0 aromatic heterocycles. The third kappa shape index (κ3) is 3.47. The van der Waals surface area contributed by atoms with Gasteiger partial charge in [0.2, 0.25) is 0 Å². The lowest BCUT2D eigenvalue weighted by molar-refractivity contribution is -0.107. The normalized spacial score (nSPS) is 27.7. The van der Waals surface area contributed by atoms with E-state index in [1.54, 1.807) is 6.07 Å². The first-order chi connectivity index (χ1) is 12.2. The topological polar surface area (TPSA) is 70.6 Å². The largest absolute Gasteiger partial charge is 0.508 e. The summed E-state index contributed by atoms with van der Waals surface area (Å²) < 4.78 is 6.11. The predicted octanol–water partition coefficient (Wildman–Crippen LogP) is 3.56. The summed E-state index contributed by atoms with van der Waals surface area (Å²) in [5.41, 5.74) is 2.02. The summed E-state index contributed by atoms with van der Waals surface area (Å²) in [5, 5.41) is 16.2. The van der Waals surface area contributed by atoms with Crippen LogP contribution in [0, 0.1) is 0 Å². The molecular formula is C20H28N2O3. The summed E-state index contributed by atoms with van der Waals surface area (Å²) in [5.74, 6) is 0.339. The second kappa shape index (κ2) is 6.87. The van der Waals surface area contributed by atoms with E-state index in [1.165, 1.54) is 19.3 Å². The van der Waals surface area contributed by atoms with Gasteiger partial charge in [-0.2, -0.15) is 0 Å². The maximum absolute atomic E-state index is 12.5. The van der Waals surface area contributed by atoms with Crippen molar-refractivity contribution in [2.24, 2.45) is 0 Å². The summed E-state index contributed by atoms with van der Waals surface area (Å²) in [4.78, 5) is 12.5. The molecule has 0 unspecified atom stereocenters. The summed E-state index contributed by atoms with van der Waals surface area (Å²) in [6.07, 6.45) is 9.51. The number of amides is 2. The van der Waals surface area contributed by atoms with Crippen molar-refractivity contribution in [3.8, 4) is 5.75 Å². The molecule has 1 aliphatic heterocycles. The van der Waals surface area contributed by atoms with E-state index in [0.717, 1.165) is 56.3 Å². The van der Waals surface area contributed by atoms with Gasteiger partial charge >= 0.3 is 6.03 Å². The minimum absolute atomic E-state index is 0.000193. The molecule has 0 radical (unpaired) electrons. The lowest BCUT2D eigenvalue weighted by atomic mass is 9.78. The molecule has 25 heavy (non-hydrogen) atoms. The second-order valence-electron chi connectivity index (χ2n) is 7.84. The van der Waals surface area contributed by atoms with Crippen molar-refractivity contribution in [3.63, 3.8) is 0 Å². The Morgan fingerprint density at radius 2 is 2.00 bits per heavy atom. The Bertz CT molecular complexity index is 634. The molecule has 3 N–H and O–H groups in total. The van der Waals surface area contributed by atoms with E-state index in [4.69, 9.17) is 4.74 Å². The number of phenolic OH excluding ortho intramolecular Hbond substituents is 1. The molecule has 5 heteroatoms. The molecule has 4 rings (SSSR count). The number of aromatic hydroxyl groups is 1. The Hall–Kier alpha value is -1.75. The van der Waals surface area contributed by atoms with Crippen LogP contribution in [-0.2, 0) is 11.2 Å². The monoisotopic (exact) mass is 344 g/mol. The molecule has 2 atom stereocenters. The summed E-state index contributed by atoms with van der Waals surface area (Å²) in [6, 6.07) is 5.64. The van der Waals surface area contributed by atoms with E-state index in [1.807, 2.05) is 12.1 Å². The molecule has 1 aromatic rings. The predicted molar refractivity (Wildman–Crippen MR) is 95.6 cm³/mol. The van der Waals surface area contributed by atoms with Crippen molar-refractivity contribution in [2.45, 2.75) is 75.5 Å². The number of benzene rings is 1. The average molecular weight is 344 g/mol. The van der Waals surface area contributed by atoms with Crippen LogP contribution in [0.15, 0.2) is 18.2 Å². The highest BCUT2D eigenvalue weighted by Gasteiger charge is 2.39. The van der Waals surface area contributed by atoms with Gasteiger partial charge in [-0.25, -0.2) is 4.79 Å². The van der Waals surface area contributed by atoms with Crippen molar-refractivity contribution in [1.82, 2.24) is 10.6 Å². The number of rotatable bonds is 2.